The SMILES string of the molecule is C=CCC(C)(C(=O)O)c1ccc([N+](=O)[O-])cc1. The molecule has 17 heavy (non-hydrogen) atoms. The monoisotopic (exact) mass is 235 g/mol. The second-order valence-electron chi connectivity index (χ2n) is 3.93. The number of benzene rings is 1. The Kier molecular flexibility index (Phi) is 3.62. The molecule has 0 saturated carbocycles. The van der Waals surface area contributed by atoms with Crippen LogP contribution < -0.4 is 0 Å². The van der Waals surface area contributed by atoms with E-state index in [4.69, 9.17) is 0 Å². The smallest absolute Gasteiger partial charge is 0.314 e. The molecule has 0 saturated heterocycles. The molecule has 0 aliphatic carbocycles. The molecule has 90 valence electrons. The number of nitro benzene ring substituents is 1. The van der Waals surface area contributed by atoms with E-state index < -0.39 is 16.3 Å². The molecule has 0 spiro atoms. The summed E-state index contributed by atoms with van der Waals surface area (Å²) in [6.45, 7) is 5.10. The van der Waals surface area contributed by atoms with Crippen molar-refractivity contribution < 1.29 is 14.8 Å². The minimum Gasteiger partial charge on any atom is -0.481 e. The number of nitrogens with zero attached hydrogens (tertiary/aromatic N) is 1. The number of nitro groups is 1. The van der Waals surface area contributed by atoms with Crippen molar-refractivity contribution in [2.75, 3.05) is 0 Å². The normalized spacial score (nSPS) is 13.7. The largest absolute Gasteiger partial charge is 0.481 e. The molecule has 1 atom stereocenters. The van der Waals surface area contributed by atoms with Gasteiger partial charge in [-0.25, -0.2) is 0 Å². The van der Waals surface area contributed by atoms with Crippen molar-refractivity contribution in [3.05, 3.63) is 52.6 Å². The quantitative estimate of drug-likeness (QED) is 0.483. The summed E-state index contributed by atoms with van der Waals surface area (Å²) in [5, 5.41) is 19.7. The molecule has 0 fully saturated rings. The highest BCUT2D eigenvalue weighted by atomic mass is 16.6. The maximum absolute atomic E-state index is 11.2. The van der Waals surface area contributed by atoms with E-state index in [-0.39, 0.29) is 12.1 Å². The van der Waals surface area contributed by atoms with Gasteiger partial charge in [0, 0.05) is 12.1 Å². The van der Waals surface area contributed by atoms with Crippen LogP contribution >= 0.6 is 0 Å². The summed E-state index contributed by atoms with van der Waals surface area (Å²) in [6.07, 6.45) is 1.79. The van der Waals surface area contributed by atoms with Crippen LogP contribution in [0.15, 0.2) is 36.9 Å². The Bertz CT molecular complexity index is 452. The topological polar surface area (TPSA) is 80.4 Å². The van der Waals surface area contributed by atoms with Crippen molar-refractivity contribution >= 4 is 11.7 Å². The highest BCUT2D eigenvalue weighted by Crippen LogP contribution is 2.29. The van der Waals surface area contributed by atoms with Crippen molar-refractivity contribution in [3.8, 4) is 0 Å². The van der Waals surface area contributed by atoms with E-state index in [1.807, 2.05) is 0 Å². The van der Waals surface area contributed by atoms with Crippen LogP contribution in [0.3, 0.4) is 0 Å². The standard InChI is InChI=1S/C12H13NO4/c1-3-8-12(2,11(14)15)9-4-6-10(7-5-9)13(16)17/h3-7H,1,8H2,2H3,(H,14,15). The fourth-order valence-electron chi connectivity index (χ4n) is 1.57. The second kappa shape index (κ2) is 4.78. The number of carbonyl (C=O) groups is 1. The minimum atomic E-state index is -1.10. The Morgan fingerprint density at radius 2 is 2.06 bits per heavy atom. The summed E-state index contributed by atoms with van der Waals surface area (Å²) in [6, 6.07) is 5.55. The van der Waals surface area contributed by atoms with Gasteiger partial charge in [0.25, 0.3) is 5.69 Å². The Balaban J connectivity index is 3.16. The predicted molar refractivity (Wildman–Crippen MR) is 62.9 cm³/mol. The predicted octanol–water partition coefficient (Wildman–Crippen LogP) is 2.51. The Morgan fingerprint density at radius 1 is 1.53 bits per heavy atom. The first-order chi connectivity index (χ1) is 7.91. The van der Waals surface area contributed by atoms with Crippen LogP contribution in [0.2, 0.25) is 0 Å². The van der Waals surface area contributed by atoms with Gasteiger partial charge in [-0.2, -0.15) is 0 Å². The number of non-ortho nitro benzene ring substituents is 1. The van der Waals surface area contributed by atoms with Crippen LogP contribution in [-0.4, -0.2) is 16.0 Å². The van der Waals surface area contributed by atoms with E-state index in [0.29, 0.717) is 5.56 Å². The van der Waals surface area contributed by atoms with Crippen LogP contribution in [0.4, 0.5) is 5.69 Å². The van der Waals surface area contributed by atoms with E-state index in [1.165, 1.54) is 30.3 Å². The third-order valence-electron chi connectivity index (χ3n) is 2.74. The number of aliphatic carboxylic acids is 1. The average Bonchev–Trinajstić information content (AvgIpc) is 2.29. The molecule has 0 amide bonds. The maximum atomic E-state index is 11.2. The molecule has 5 nitrogen and oxygen atoms in total. The van der Waals surface area contributed by atoms with Crippen LogP contribution in [0.5, 0.6) is 0 Å². The summed E-state index contributed by atoms with van der Waals surface area (Å²) in [5.41, 5.74) is -0.632. The van der Waals surface area contributed by atoms with Crippen LogP contribution in [0.1, 0.15) is 18.9 Å². The van der Waals surface area contributed by atoms with Gasteiger partial charge in [0.2, 0.25) is 0 Å². The molecule has 0 bridgehead atoms. The van der Waals surface area contributed by atoms with Crippen LogP contribution in [0.25, 0.3) is 0 Å². The molecular formula is C12H13NO4. The maximum Gasteiger partial charge on any atom is 0.314 e. The van der Waals surface area contributed by atoms with Gasteiger partial charge in [-0.3, -0.25) is 14.9 Å². The molecule has 0 aromatic heterocycles. The highest BCUT2D eigenvalue weighted by Gasteiger charge is 2.34. The Hall–Kier alpha value is -2.17. The summed E-state index contributed by atoms with van der Waals surface area (Å²) < 4.78 is 0. The fourth-order valence-corrected chi connectivity index (χ4v) is 1.57. The van der Waals surface area contributed by atoms with E-state index in [9.17, 15) is 20.0 Å². The third kappa shape index (κ3) is 2.50. The minimum absolute atomic E-state index is 0.0555. The van der Waals surface area contributed by atoms with Crippen LogP contribution in [0, 0.1) is 10.1 Å². The lowest BCUT2D eigenvalue weighted by Gasteiger charge is -2.23. The van der Waals surface area contributed by atoms with Gasteiger partial charge in [-0.05, 0) is 18.9 Å². The molecule has 0 heterocycles. The Morgan fingerprint density at radius 3 is 2.41 bits per heavy atom. The summed E-state index contributed by atoms with van der Waals surface area (Å²) in [5.74, 6) is -0.980. The molecule has 1 N–H and O–H groups in total. The molecular weight excluding hydrogens is 222 g/mol. The number of allylic oxidation sites excluding steroid dienone is 1. The Labute approximate surface area is 98.5 Å². The van der Waals surface area contributed by atoms with Gasteiger partial charge in [0.15, 0.2) is 0 Å². The number of carboxylic acids is 1. The zero-order valence-corrected chi connectivity index (χ0v) is 9.42. The third-order valence-corrected chi connectivity index (χ3v) is 2.74. The van der Waals surface area contributed by atoms with Crippen molar-refractivity contribution in [3.63, 3.8) is 0 Å². The van der Waals surface area contributed by atoms with Gasteiger partial charge in [0.1, 0.15) is 0 Å². The highest BCUT2D eigenvalue weighted by molar-refractivity contribution is 5.81. The molecule has 0 aliphatic rings. The number of hydrogen-bond donors (Lipinski definition) is 1. The molecule has 1 rings (SSSR count). The van der Waals surface area contributed by atoms with Gasteiger partial charge in [0.05, 0.1) is 10.3 Å². The number of hydrogen-bond acceptors (Lipinski definition) is 3. The molecule has 5 heteroatoms. The van der Waals surface area contributed by atoms with Crippen molar-refractivity contribution in [2.24, 2.45) is 0 Å². The van der Waals surface area contributed by atoms with Gasteiger partial charge in [-0.15, -0.1) is 6.58 Å². The van der Waals surface area contributed by atoms with Crippen molar-refractivity contribution in [1.82, 2.24) is 0 Å². The number of carboxylic acid groups (broad SMARTS) is 1. The van der Waals surface area contributed by atoms with E-state index in [2.05, 4.69) is 6.58 Å². The molecule has 1 unspecified atom stereocenters. The lowest BCUT2D eigenvalue weighted by Crippen LogP contribution is -2.31. The second-order valence-corrected chi connectivity index (χ2v) is 3.93. The van der Waals surface area contributed by atoms with Crippen LogP contribution in [-0.2, 0) is 10.2 Å². The zero-order chi connectivity index (χ0) is 13.1. The fraction of sp³-hybridized carbons (Fsp3) is 0.250. The lowest BCUT2D eigenvalue weighted by molar-refractivity contribution is -0.384. The molecule has 1 aromatic carbocycles. The van der Waals surface area contributed by atoms with Crippen molar-refractivity contribution in [2.45, 2.75) is 18.8 Å². The van der Waals surface area contributed by atoms with Gasteiger partial charge < -0.3 is 5.11 Å². The first-order valence-electron chi connectivity index (χ1n) is 5.01. The van der Waals surface area contributed by atoms with E-state index in [1.54, 1.807) is 6.92 Å². The molecule has 0 aliphatic heterocycles. The average molecular weight is 235 g/mol. The zero-order valence-electron chi connectivity index (χ0n) is 9.42. The summed E-state index contributed by atoms with van der Waals surface area (Å²) in [4.78, 5) is 21.2. The first-order valence-corrected chi connectivity index (χ1v) is 5.01. The molecule has 1 aromatic rings. The van der Waals surface area contributed by atoms with E-state index in [0.717, 1.165) is 0 Å². The van der Waals surface area contributed by atoms with Crippen molar-refractivity contribution in [1.29, 1.82) is 0 Å². The summed E-state index contributed by atoms with van der Waals surface area (Å²) >= 11 is 0. The lowest BCUT2D eigenvalue weighted by atomic mass is 9.79. The molecule has 0 radical (unpaired) electrons. The number of rotatable bonds is 5. The summed E-state index contributed by atoms with van der Waals surface area (Å²) in [7, 11) is 0. The van der Waals surface area contributed by atoms with E-state index >= 15 is 0 Å². The first kappa shape index (κ1) is 12.9. The van der Waals surface area contributed by atoms with Gasteiger partial charge >= 0.3 is 5.97 Å². The van der Waals surface area contributed by atoms with Gasteiger partial charge in [-0.1, -0.05) is 18.2 Å².